The molecule has 0 bridgehead atoms. The topological polar surface area (TPSA) is 120 Å². The molecule has 1 N–H and O–H groups in total. The predicted octanol–water partition coefficient (Wildman–Crippen LogP) is 4.70. The van der Waals surface area contributed by atoms with Crippen molar-refractivity contribution in [3.63, 3.8) is 0 Å². The third-order valence-electron chi connectivity index (χ3n) is 7.98. The molecule has 200 valence electrons. The Kier molecular flexibility index (Phi) is 6.52. The highest BCUT2D eigenvalue weighted by atomic mass is 32.2. The van der Waals surface area contributed by atoms with Crippen LogP contribution in [0, 0.1) is 28.4 Å². The molecule has 3 aromatic rings. The van der Waals surface area contributed by atoms with Gasteiger partial charge in [-0.3, -0.25) is 0 Å². The summed E-state index contributed by atoms with van der Waals surface area (Å²) in [7, 11) is -3.84. The van der Waals surface area contributed by atoms with Crippen molar-refractivity contribution in [1.29, 1.82) is 5.26 Å². The molecule has 0 spiro atoms. The van der Waals surface area contributed by atoms with Gasteiger partial charge in [0.15, 0.2) is 0 Å². The van der Waals surface area contributed by atoms with Crippen molar-refractivity contribution in [1.82, 2.24) is 14.5 Å². The summed E-state index contributed by atoms with van der Waals surface area (Å²) in [5.74, 6) is -2.41. The van der Waals surface area contributed by atoms with E-state index in [9.17, 15) is 18.5 Å². The minimum Gasteiger partial charge on any atom is -0.392 e. The van der Waals surface area contributed by atoms with Gasteiger partial charge in [-0.25, -0.2) is 27.1 Å². The lowest BCUT2D eigenvalue weighted by molar-refractivity contribution is 0.0487. The maximum absolute atomic E-state index is 15.7. The number of aromatic nitrogens is 2. The summed E-state index contributed by atoms with van der Waals surface area (Å²) in [5.41, 5.74) is -1.18. The van der Waals surface area contributed by atoms with Crippen LogP contribution in [0.15, 0.2) is 51.7 Å². The van der Waals surface area contributed by atoms with Gasteiger partial charge >= 0.3 is 5.76 Å². The number of halogens is 2. The Balaban J connectivity index is 1.49. The number of aromatic amines is 1. The standard InChI is InChI=1S/C27H28F2N4O4S/c1-17-8-9-23(18-6-4-3-5-7-18)38(35,36)33(17)14-19-12-22(29)20(13-21(19)28)27(24-31-32-25(34)37-24)15-26(2,16-27)10-11-30/h3-7,12-13,17,23H,8-10,14-16H2,1-2H3,(H,32,34)/t17-,23+,26-,27+/m0/s1. The highest BCUT2D eigenvalue weighted by Gasteiger charge is 2.58. The van der Waals surface area contributed by atoms with Gasteiger partial charge in [-0.1, -0.05) is 37.3 Å². The van der Waals surface area contributed by atoms with Gasteiger partial charge in [0.1, 0.15) is 16.9 Å². The average molecular weight is 543 g/mol. The fourth-order valence-electron chi connectivity index (χ4n) is 6.21. The monoisotopic (exact) mass is 542 g/mol. The first-order valence-electron chi connectivity index (χ1n) is 12.5. The number of hydrogen-bond acceptors (Lipinski definition) is 6. The molecule has 0 amide bonds. The normalized spacial score (nSPS) is 28.9. The van der Waals surface area contributed by atoms with Gasteiger partial charge < -0.3 is 4.42 Å². The largest absolute Gasteiger partial charge is 0.434 e. The van der Waals surface area contributed by atoms with Crippen molar-refractivity contribution < 1.29 is 21.6 Å². The van der Waals surface area contributed by atoms with Crippen LogP contribution in [0.3, 0.4) is 0 Å². The van der Waals surface area contributed by atoms with E-state index in [0.29, 0.717) is 18.4 Å². The van der Waals surface area contributed by atoms with Crippen LogP contribution in [0.25, 0.3) is 0 Å². The molecule has 0 unspecified atom stereocenters. The summed E-state index contributed by atoms with van der Waals surface area (Å²) in [6.07, 6.45) is 1.68. The average Bonchev–Trinajstić information content (AvgIpc) is 3.29. The molecule has 8 nitrogen and oxygen atoms in total. The number of sulfonamides is 1. The molecule has 0 radical (unpaired) electrons. The smallest absolute Gasteiger partial charge is 0.392 e. The van der Waals surface area contributed by atoms with E-state index in [1.165, 1.54) is 4.31 Å². The van der Waals surface area contributed by atoms with Gasteiger partial charge in [0, 0.05) is 30.1 Å². The van der Waals surface area contributed by atoms with Crippen molar-refractivity contribution in [3.8, 4) is 6.07 Å². The molecule has 38 heavy (non-hydrogen) atoms. The third kappa shape index (κ3) is 4.35. The van der Waals surface area contributed by atoms with E-state index in [4.69, 9.17) is 4.42 Å². The Labute approximate surface area is 219 Å². The van der Waals surface area contributed by atoms with Crippen LogP contribution in [0.5, 0.6) is 0 Å². The highest BCUT2D eigenvalue weighted by Crippen LogP contribution is 2.60. The van der Waals surface area contributed by atoms with Crippen molar-refractivity contribution in [2.45, 2.75) is 69.2 Å². The molecule has 11 heteroatoms. The lowest BCUT2D eigenvalue weighted by Gasteiger charge is -2.52. The zero-order valence-electron chi connectivity index (χ0n) is 21.1. The Morgan fingerprint density at radius 2 is 1.89 bits per heavy atom. The number of nitrogens with one attached hydrogen (secondary N) is 1. The fraction of sp³-hybridized carbons (Fsp3) is 0.444. The van der Waals surface area contributed by atoms with E-state index in [2.05, 4.69) is 16.3 Å². The molecule has 1 saturated carbocycles. The van der Waals surface area contributed by atoms with Gasteiger partial charge in [0.25, 0.3) is 0 Å². The molecular weight excluding hydrogens is 514 g/mol. The Bertz CT molecular complexity index is 1560. The van der Waals surface area contributed by atoms with Gasteiger partial charge in [-0.2, -0.15) is 9.57 Å². The van der Waals surface area contributed by atoms with Crippen LogP contribution >= 0.6 is 0 Å². The van der Waals surface area contributed by atoms with E-state index >= 15 is 8.78 Å². The molecule has 2 heterocycles. The number of benzene rings is 2. The molecule has 2 aliphatic rings. The van der Waals surface area contributed by atoms with E-state index in [0.717, 1.165) is 12.1 Å². The first-order chi connectivity index (χ1) is 18.0. The van der Waals surface area contributed by atoms with Crippen LogP contribution in [-0.4, -0.2) is 29.0 Å². The van der Waals surface area contributed by atoms with Crippen molar-refractivity contribution in [2.24, 2.45) is 5.41 Å². The lowest BCUT2D eigenvalue weighted by Crippen LogP contribution is -2.49. The predicted molar refractivity (Wildman–Crippen MR) is 134 cm³/mol. The molecule has 1 aliphatic carbocycles. The second-order valence-electron chi connectivity index (χ2n) is 10.8. The van der Waals surface area contributed by atoms with Crippen LogP contribution in [0.2, 0.25) is 0 Å². The number of nitriles is 1. The molecule has 2 fully saturated rings. The second-order valence-corrected chi connectivity index (χ2v) is 12.9. The van der Waals surface area contributed by atoms with Gasteiger partial charge in [-0.15, -0.1) is 5.10 Å². The maximum atomic E-state index is 15.7. The van der Waals surface area contributed by atoms with Crippen molar-refractivity contribution >= 4 is 10.0 Å². The first kappa shape index (κ1) is 26.3. The number of nitrogens with zero attached hydrogens (tertiary/aromatic N) is 3. The molecule has 2 aromatic carbocycles. The molecule has 1 aliphatic heterocycles. The summed E-state index contributed by atoms with van der Waals surface area (Å²) in [4.78, 5) is 11.7. The quantitative estimate of drug-likeness (QED) is 0.482. The van der Waals surface area contributed by atoms with Gasteiger partial charge in [0.05, 0.1) is 11.5 Å². The molecule has 1 saturated heterocycles. The van der Waals surface area contributed by atoms with E-state index in [1.807, 2.05) is 13.0 Å². The third-order valence-corrected chi connectivity index (χ3v) is 10.4. The molecule has 2 atom stereocenters. The van der Waals surface area contributed by atoms with Gasteiger partial charge in [0.2, 0.25) is 15.9 Å². The van der Waals surface area contributed by atoms with Crippen LogP contribution in [0.1, 0.15) is 73.8 Å². The Morgan fingerprint density at radius 3 is 2.53 bits per heavy atom. The summed E-state index contributed by atoms with van der Waals surface area (Å²) in [5, 5.41) is 14.5. The Morgan fingerprint density at radius 1 is 1.18 bits per heavy atom. The van der Waals surface area contributed by atoms with Crippen molar-refractivity contribution in [3.05, 3.63) is 87.2 Å². The summed E-state index contributed by atoms with van der Waals surface area (Å²) >= 11 is 0. The van der Waals surface area contributed by atoms with E-state index in [1.54, 1.807) is 31.2 Å². The maximum Gasteiger partial charge on any atom is 0.434 e. The van der Waals surface area contributed by atoms with Crippen LogP contribution in [-0.2, 0) is 22.0 Å². The second kappa shape index (κ2) is 9.43. The van der Waals surface area contributed by atoms with Gasteiger partial charge in [-0.05, 0) is 55.7 Å². The molecule has 5 rings (SSSR count). The summed E-state index contributed by atoms with van der Waals surface area (Å²) in [6, 6.07) is 12.7. The SMILES string of the molecule is C[C@H]1CC[C@H](c2ccccc2)S(=O)(=O)N1Cc1cc(F)c([C@]2(c3n[nH]c(=O)o3)C[C@@](C)(CC#N)C2)cc1F. The Hall–Kier alpha value is -3.36. The lowest BCUT2D eigenvalue weighted by atomic mass is 9.50. The number of H-pyrrole nitrogens is 1. The van der Waals surface area contributed by atoms with E-state index in [-0.39, 0.29) is 48.9 Å². The first-order valence-corrected chi connectivity index (χ1v) is 14.0. The highest BCUT2D eigenvalue weighted by molar-refractivity contribution is 7.89. The number of hydrogen-bond donors (Lipinski definition) is 1. The van der Waals surface area contributed by atoms with Crippen LogP contribution < -0.4 is 5.76 Å². The summed E-state index contributed by atoms with van der Waals surface area (Å²) in [6.45, 7) is 3.31. The van der Waals surface area contributed by atoms with E-state index < -0.39 is 43.5 Å². The minimum atomic E-state index is -3.84. The minimum absolute atomic E-state index is 0.0406. The molecular formula is C27H28F2N4O4S. The fourth-order valence-corrected chi connectivity index (χ4v) is 8.40. The molecule has 1 aromatic heterocycles. The zero-order valence-corrected chi connectivity index (χ0v) is 21.9. The summed E-state index contributed by atoms with van der Waals surface area (Å²) < 4.78 is 64.8. The van der Waals surface area contributed by atoms with Crippen molar-refractivity contribution in [2.75, 3.05) is 0 Å². The van der Waals surface area contributed by atoms with Crippen LogP contribution in [0.4, 0.5) is 8.78 Å². The number of rotatable bonds is 6. The zero-order chi connectivity index (χ0) is 27.3.